The summed E-state index contributed by atoms with van der Waals surface area (Å²) in [6.45, 7) is 11.9. The summed E-state index contributed by atoms with van der Waals surface area (Å²) in [7, 11) is 0. The predicted molar refractivity (Wildman–Crippen MR) is 127 cm³/mol. The number of anilines is 2. The van der Waals surface area contributed by atoms with E-state index in [0.29, 0.717) is 10.1 Å². The minimum atomic E-state index is 0.460. The lowest BCUT2D eigenvalue weighted by Gasteiger charge is -2.32. The minimum absolute atomic E-state index is 0.460. The zero-order valence-electron chi connectivity index (χ0n) is 14.9. The van der Waals surface area contributed by atoms with Gasteiger partial charge < -0.3 is 5.32 Å². The lowest BCUT2D eigenvalue weighted by atomic mass is 10.1. The first kappa shape index (κ1) is 18.6. The molecule has 3 heterocycles. The molecule has 0 radical (unpaired) electrons. The van der Waals surface area contributed by atoms with Crippen molar-refractivity contribution in [1.82, 2.24) is 4.98 Å². The molecule has 2 aromatic heterocycles. The predicted octanol–water partition coefficient (Wildman–Crippen LogP) is 6.81. The summed E-state index contributed by atoms with van der Waals surface area (Å²) in [5.41, 5.74) is 3.43. The van der Waals surface area contributed by atoms with Gasteiger partial charge >= 0.3 is 0 Å². The molecule has 1 aliphatic heterocycles. The van der Waals surface area contributed by atoms with E-state index in [9.17, 15) is 0 Å². The van der Waals surface area contributed by atoms with Crippen LogP contribution in [-0.2, 0) is 0 Å². The highest BCUT2D eigenvalue weighted by Gasteiger charge is 2.29. The maximum atomic E-state index is 6.18. The Bertz CT molecular complexity index is 1180. The number of thiophene rings is 1. The van der Waals surface area contributed by atoms with Crippen molar-refractivity contribution in [3.63, 3.8) is 0 Å². The highest BCUT2D eigenvalue weighted by atomic mass is 35.5. The molecule has 0 amide bonds. The van der Waals surface area contributed by atoms with Crippen molar-refractivity contribution in [2.75, 3.05) is 10.2 Å². The van der Waals surface area contributed by atoms with E-state index in [-0.39, 0.29) is 0 Å². The molecule has 4 rings (SSSR count). The largest absolute Gasteiger partial charge is 0.331 e. The van der Waals surface area contributed by atoms with Crippen LogP contribution < -0.4 is 10.2 Å². The molecule has 0 aliphatic carbocycles. The first-order valence-electron chi connectivity index (χ1n) is 8.46. The van der Waals surface area contributed by atoms with Crippen LogP contribution in [0.15, 0.2) is 79.6 Å². The number of halogens is 1. The summed E-state index contributed by atoms with van der Waals surface area (Å²) in [6, 6.07) is 10.1. The molecule has 1 N–H and O–H groups in total. The number of fused-ring (bicyclic) bond motifs is 2. The summed E-state index contributed by atoms with van der Waals surface area (Å²) in [5.74, 6) is 0. The van der Waals surface area contributed by atoms with Crippen molar-refractivity contribution < 1.29 is 0 Å². The first-order valence-corrected chi connectivity index (χ1v) is 10.1. The number of aromatic nitrogens is 1. The Morgan fingerprint density at radius 3 is 2.82 bits per heavy atom. The van der Waals surface area contributed by atoms with Gasteiger partial charge in [-0.1, -0.05) is 67.8 Å². The van der Waals surface area contributed by atoms with E-state index in [2.05, 4.69) is 36.1 Å². The third-order valence-corrected chi connectivity index (χ3v) is 6.14. The Morgan fingerprint density at radius 2 is 2.07 bits per heavy atom. The van der Waals surface area contributed by atoms with Gasteiger partial charge in [0, 0.05) is 32.5 Å². The number of allylic oxidation sites excluding steroid dienone is 4. The van der Waals surface area contributed by atoms with Crippen molar-refractivity contribution in [3.8, 4) is 0 Å². The standard InChI is InChI=1S/C22H16ClN3S2/c1-4-7-16(13(2)23)20-10-18-21(28-20)14(3)26(22(27)25-18)19-12-24-11-15-8-5-6-9-17(15)19/h4-12H,1-3H2,(H,25,27)/b16-7+. The summed E-state index contributed by atoms with van der Waals surface area (Å²) in [6.07, 6.45) is 7.20. The Labute approximate surface area is 178 Å². The number of hydrogen-bond donors (Lipinski definition) is 1. The molecule has 1 aromatic carbocycles. The Balaban J connectivity index is 1.83. The second-order valence-electron chi connectivity index (χ2n) is 6.17. The number of thiocarbonyl (C=S) groups is 1. The van der Waals surface area contributed by atoms with Gasteiger partial charge in [0.05, 0.1) is 28.1 Å². The van der Waals surface area contributed by atoms with Crippen LogP contribution in [0.1, 0.15) is 9.75 Å². The Kier molecular flexibility index (Phi) is 4.89. The maximum absolute atomic E-state index is 6.18. The van der Waals surface area contributed by atoms with Gasteiger partial charge in [-0.25, -0.2) is 0 Å². The van der Waals surface area contributed by atoms with E-state index in [4.69, 9.17) is 23.8 Å². The van der Waals surface area contributed by atoms with Gasteiger partial charge in [0.15, 0.2) is 5.11 Å². The van der Waals surface area contributed by atoms with Crippen LogP contribution in [0, 0.1) is 0 Å². The smallest absolute Gasteiger partial charge is 0.182 e. The molecule has 0 fully saturated rings. The van der Waals surface area contributed by atoms with Gasteiger partial charge in [-0.3, -0.25) is 9.88 Å². The molecule has 0 unspecified atom stereocenters. The molecule has 3 nitrogen and oxygen atoms in total. The number of benzene rings is 1. The highest BCUT2D eigenvalue weighted by molar-refractivity contribution is 7.80. The molecule has 138 valence electrons. The molecule has 0 bridgehead atoms. The normalized spacial score (nSPS) is 14.0. The van der Waals surface area contributed by atoms with Crippen molar-refractivity contribution in [3.05, 3.63) is 89.4 Å². The van der Waals surface area contributed by atoms with Gasteiger partial charge in [0.2, 0.25) is 0 Å². The first-order chi connectivity index (χ1) is 13.5. The average molecular weight is 422 g/mol. The third kappa shape index (κ3) is 3.07. The summed E-state index contributed by atoms with van der Waals surface area (Å²) >= 11 is 13.4. The molecule has 0 saturated heterocycles. The topological polar surface area (TPSA) is 28.2 Å². The van der Waals surface area contributed by atoms with Gasteiger partial charge in [-0.15, -0.1) is 11.3 Å². The fraction of sp³-hybridized carbons (Fsp3) is 0. The minimum Gasteiger partial charge on any atom is -0.331 e. The molecule has 1 aliphatic rings. The van der Waals surface area contributed by atoms with E-state index in [1.54, 1.807) is 17.4 Å². The van der Waals surface area contributed by atoms with Crippen molar-refractivity contribution >= 4 is 73.7 Å². The van der Waals surface area contributed by atoms with E-state index in [1.807, 2.05) is 47.6 Å². The van der Waals surface area contributed by atoms with Gasteiger partial charge in [0.1, 0.15) is 0 Å². The van der Waals surface area contributed by atoms with E-state index in [1.165, 1.54) is 0 Å². The third-order valence-electron chi connectivity index (χ3n) is 4.44. The van der Waals surface area contributed by atoms with Crippen LogP contribution in [-0.4, -0.2) is 10.1 Å². The lowest BCUT2D eigenvalue weighted by molar-refractivity contribution is 1.30. The fourth-order valence-corrected chi connectivity index (χ4v) is 4.85. The molecule has 0 spiro atoms. The second kappa shape index (κ2) is 7.36. The van der Waals surface area contributed by atoms with Crippen LogP contribution in [0.25, 0.3) is 22.0 Å². The van der Waals surface area contributed by atoms with Crippen molar-refractivity contribution in [1.29, 1.82) is 0 Å². The van der Waals surface area contributed by atoms with Gasteiger partial charge in [0.25, 0.3) is 0 Å². The molecular weight excluding hydrogens is 406 g/mol. The van der Waals surface area contributed by atoms with Crippen LogP contribution in [0.3, 0.4) is 0 Å². The average Bonchev–Trinajstić information content (AvgIpc) is 3.09. The number of nitrogens with one attached hydrogen (secondary N) is 1. The quantitative estimate of drug-likeness (QED) is 0.370. The number of rotatable bonds is 4. The van der Waals surface area contributed by atoms with Crippen LogP contribution in [0.5, 0.6) is 0 Å². The molecule has 0 saturated carbocycles. The zero-order valence-corrected chi connectivity index (χ0v) is 17.3. The lowest BCUT2D eigenvalue weighted by Crippen LogP contribution is -2.36. The fourth-order valence-electron chi connectivity index (χ4n) is 3.18. The molecule has 3 aromatic rings. The van der Waals surface area contributed by atoms with Crippen LogP contribution in [0.4, 0.5) is 11.4 Å². The maximum Gasteiger partial charge on any atom is 0.182 e. The Morgan fingerprint density at radius 1 is 1.29 bits per heavy atom. The number of hydrogen-bond acceptors (Lipinski definition) is 3. The van der Waals surface area contributed by atoms with Gasteiger partial charge in [-0.2, -0.15) is 0 Å². The summed E-state index contributed by atoms with van der Waals surface area (Å²) in [4.78, 5) is 8.27. The van der Waals surface area contributed by atoms with Crippen LogP contribution >= 0.6 is 35.2 Å². The van der Waals surface area contributed by atoms with Crippen molar-refractivity contribution in [2.45, 2.75) is 0 Å². The highest BCUT2D eigenvalue weighted by Crippen LogP contribution is 2.44. The van der Waals surface area contributed by atoms with E-state index in [0.717, 1.165) is 43.2 Å². The molecule has 0 atom stereocenters. The Hall–Kier alpha value is -2.73. The number of pyridine rings is 1. The molecular formula is C22H16ClN3S2. The van der Waals surface area contributed by atoms with E-state index >= 15 is 0 Å². The van der Waals surface area contributed by atoms with Crippen LogP contribution in [0.2, 0.25) is 0 Å². The van der Waals surface area contributed by atoms with E-state index < -0.39 is 0 Å². The number of nitrogens with zero attached hydrogens (tertiary/aromatic N) is 2. The molecule has 28 heavy (non-hydrogen) atoms. The zero-order chi connectivity index (χ0) is 19.8. The van der Waals surface area contributed by atoms with Gasteiger partial charge in [-0.05, 0) is 18.3 Å². The second-order valence-corrected chi connectivity index (χ2v) is 8.06. The summed E-state index contributed by atoms with van der Waals surface area (Å²) in [5, 5.41) is 6.43. The summed E-state index contributed by atoms with van der Waals surface area (Å²) < 4.78 is 0. The monoisotopic (exact) mass is 421 g/mol. The SMILES string of the molecule is C=C/C=C(\C(=C)Cl)c1cc2c(s1)C(=C)N(c1cncc3ccccc13)C(=S)N2. The molecule has 6 heteroatoms. The van der Waals surface area contributed by atoms with Crippen molar-refractivity contribution in [2.24, 2.45) is 0 Å².